The second kappa shape index (κ2) is 10.2. The molecule has 0 spiro atoms. The molecule has 0 aliphatic heterocycles. The zero-order valence-corrected chi connectivity index (χ0v) is 27.4. The van der Waals surface area contributed by atoms with E-state index in [0.29, 0.717) is 0 Å². The lowest BCUT2D eigenvalue weighted by Gasteiger charge is -2.22. The minimum absolute atomic E-state index is 0.0323. The molecule has 8 rings (SSSR count). The van der Waals surface area contributed by atoms with E-state index in [-0.39, 0.29) is 10.8 Å². The van der Waals surface area contributed by atoms with Crippen molar-refractivity contribution >= 4 is 54.4 Å². The van der Waals surface area contributed by atoms with Gasteiger partial charge in [0.1, 0.15) is 0 Å². The number of benzene rings is 6. The molecule has 0 fully saturated rings. The Morgan fingerprint density at radius 1 is 0.391 bits per heavy atom. The largest absolute Gasteiger partial charge is 0.248 e. The van der Waals surface area contributed by atoms with Crippen LogP contribution in [-0.2, 0) is 10.8 Å². The first kappa shape index (κ1) is 28.4. The molecule has 8 aromatic rings. The molecule has 0 N–H and O–H groups in total. The molecule has 2 aromatic heterocycles. The number of para-hydroxylation sites is 2. The summed E-state index contributed by atoms with van der Waals surface area (Å²) in [7, 11) is 0. The molecule has 0 bridgehead atoms. The Bertz CT molecular complexity index is 2320. The van der Waals surface area contributed by atoms with Crippen LogP contribution in [0, 0.1) is 0 Å². The summed E-state index contributed by atoms with van der Waals surface area (Å²) in [6, 6.07) is 44.4. The molecule has 0 saturated carbocycles. The van der Waals surface area contributed by atoms with Crippen molar-refractivity contribution in [3.63, 3.8) is 0 Å². The molecule has 46 heavy (non-hydrogen) atoms. The smallest absolute Gasteiger partial charge is 0.0718 e. The van der Waals surface area contributed by atoms with Gasteiger partial charge in [0.15, 0.2) is 0 Å². The average molecular weight is 595 g/mol. The summed E-state index contributed by atoms with van der Waals surface area (Å²) in [6.07, 6.45) is 0. The fourth-order valence-corrected chi connectivity index (χ4v) is 7.06. The second-order valence-electron chi connectivity index (χ2n) is 14.7. The monoisotopic (exact) mass is 594 g/mol. The van der Waals surface area contributed by atoms with Crippen LogP contribution in [0.2, 0.25) is 0 Å². The van der Waals surface area contributed by atoms with Gasteiger partial charge in [0, 0.05) is 32.7 Å². The molecule has 0 aliphatic rings. The Morgan fingerprint density at radius 3 is 1.24 bits per heavy atom. The van der Waals surface area contributed by atoms with Gasteiger partial charge in [0.25, 0.3) is 0 Å². The predicted octanol–water partition coefficient (Wildman–Crippen LogP) is 12.2. The summed E-state index contributed by atoms with van der Waals surface area (Å²) >= 11 is 0. The summed E-state index contributed by atoms with van der Waals surface area (Å²) in [5, 5.41) is 7.15. The SMILES string of the molecule is CC(C)(C)c1ccc2c(-c3cccc4cccc(-c5c6ccccc6nc6cc(C(C)(C)C)ccc56)c34)c3ccccc3nc2c1. The molecule has 224 valence electrons. The number of fused-ring (bicyclic) bond motifs is 5. The molecule has 0 radical (unpaired) electrons. The number of hydrogen-bond acceptors (Lipinski definition) is 2. The van der Waals surface area contributed by atoms with E-state index in [1.165, 1.54) is 65.7 Å². The molecule has 2 heterocycles. The molecular weight excluding hydrogens is 556 g/mol. The minimum atomic E-state index is 0.0323. The Labute approximate surface area is 270 Å². The summed E-state index contributed by atoms with van der Waals surface area (Å²) < 4.78 is 0. The van der Waals surface area contributed by atoms with Crippen LogP contribution in [0.3, 0.4) is 0 Å². The molecule has 0 amide bonds. The molecule has 6 aromatic carbocycles. The van der Waals surface area contributed by atoms with E-state index in [1.807, 2.05) is 0 Å². The third-order valence-electron chi connectivity index (χ3n) is 9.54. The maximum Gasteiger partial charge on any atom is 0.0718 e. The van der Waals surface area contributed by atoms with Gasteiger partial charge in [-0.15, -0.1) is 0 Å². The van der Waals surface area contributed by atoms with Crippen LogP contribution in [-0.4, -0.2) is 9.97 Å². The van der Waals surface area contributed by atoms with Crippen LogP contribution in [0.5, 0.6) is 0 Å². The first-order valence-electron chi connectivity index (χ1n) is 16.3. The van der Waals surface area contributed by atoms with Crippen molar-refractivity contribution in [3.05, 3.63) is 132 Å². The fraction of sp³-hybridized carbons (Fsp3) is 0.182. The molecule has 2 heteroatoms. The number of hydrogen-bond donors (Lipinski definition) is 0. The summed E-state index contributed by atoms with van der Waals surface area (Å²) in [4.78, 5) is 10.4. The van der Waals surface area contributed by atoms with Gasteiger partial charge in [-0.25, -0.2) is 9.97 Å². The van der Waals surface area contributed by atoms with Crippen LogP contribution in [0.25, 0.3) is 76.6 Å². The Morgan fingerprint density at radius 2 is 0.804 bits per heavy atom. The molecular formula is C44H38N2. The van der Waals surface area contributed by atoms with Gasteiger partial charge in [-0.1, -0.05) is 139 Å². The predicted molar refractivity (Wildman–Crippen MR) is 198 cm³/mol. The zero-order chi connectivity index (χ0) is 31.8. The topological polar surface area (TPSA) is 25.8 Å². The minimum Gasteiger partial charge on any atom is -0.248 e. The molecule has 0 atom stereocenters. The highest BCUT2D eigenvalue weighted by molar-refractivity contribution is 6.21. The quantitative estimate of drug-likeness (QED) is 0.186. The number of aromatic nitrogens is 2. The van der Waals surface area contributed by atoms with Gasteiger partial charge in [-0.05, 0) is 68.1 Å². The van der Waals surface area contributed by atoms with Gasteiger partial charge in [0.05, 0.1) is 22.1 Å². The molecule has 0 saturated heterocycles. The van der Waals surface area contributed by atoms with Crippen molar-refractivity contribution in [1.82, 2.24) is 9.97 Å². The molecule has 2 nitrogen and oxygen atoms in total. The first-order chi connectivity index (χ1) is 22.1. The van der Waals surface area contributed by atoms with Crippen molar-refractivity contribution in [1.29, 1.82) is 0 Å². The lowest BCUT2D eigenvalue weighted by Crippen LogP contribution is -2.10. The van der Waals surface area contributed by atoms with E-state index in [9.17, 15) is 0 Å². The van der Waals surface area contributed by atoms with E-state index < -0.39 is 0 Å². The van der Waals surface area contributed by atoms with Crippen molar-refractivity contribution in [3.8, 4) is 22.3 Å². The highest BCUT2D eigenvalue weighted by Crippen LogP contribution is 2.45. The van der Waals surface area contributed by atoms with Gasteiger partial charge in [-0.2, -0.15) is 0 Å². The zero-order valence-electron chi connectivity index (χ0n) is 27.4. The molecule has 0 aliphatic carbocycles. The van der Waals surface area contributed by atoms with Gasteiger partial charge >= 0.3 is 0 Å². The van der Waals surface area contributed by atoms with Crippen LogP contribution in [0.4, 0.5) is 0 Å². The Kier molecular flexibility index (Phi) is 6.31. The number of nitrogens with zero attached hydrogens (tertiary/aromatic N) is 2. The standard InChI is InChI=1S/C44H38N2/c1-43(2,3)28-21-23-32-38(25-28)45-36-19-9-7-15-30(36)41(32)34-17-11-13-27-14-12-18-35(40(27)34)42-31-16-8-10-20-37(31)46-39-26-29(44(4,5)6)22-24-33(39)42/h7-26H,1-6H3. The lowest BCUT2D eigenvalue weighted by atomic mass is 9.83. The number of pyridine rings is 2. The van der Waals surface area contributed by atoms with Gasteiger partial charge < -0.3 is 0 Å². The number of rotatable bonds is 2. The normalized spacial score (nSPS) is 12.6. The van der Waals surface area contributed by atoms with Gasteiger partial charge in [0.2, 0.25) is 0 Å². The van der Waals surface area contributed by atoms with E-state index in [2.05, 4.69) is 163 Å². The van der Waals surface area contributed by atoms with Crippen molar-refractivity contribution < 1.29 is 0 Å². The van der Waals surface area contributed by atoms with E-state index in [1.54, 1.807) is 0 Å². The van der Waals surface area contributed by atoms with Crippen LogP contribution < -0.4 is 0 Å². The third kappa shape index (κ3) is 4.55. The first-order valence-corrected chi connectivity index (χ1v) is 16.3. The maximum absolute atomic E-state index is 5.20. The summed E-state index contributed by atoms with van der Waals surface area (Å²) in [6.45, 7) is 13.6. The van der Waals surface area contributed by atoms with E-state index in [4.69, 9.17) is 9.97 Å². The second-order valence-corrected chi connectivity index (χ2v) is 14.7. The van der Waals surface area contributed by atoms with Crippen LogP contribution in [0.1, 0.15) is 52.7 Å². The van der Waals surface area contributed by atoms with Crippen LogP contribution >= 0.6 is 0 Å². The molecule has 0 unspecified atom stereocenters. The Hall–Kier alpha value is -5.08. The highest BCUT2D eigenvalue weighted by Gasteiger charge is 2.22. The lowest BCUT2D eigenvalue weighted by molar-refractivity contribution is 0.590. The average Bonchev–Trinajstić information content (AvgIpc) is 3.04. The van der Waals surface area contributed by atoms with E-state index >= 15 is 0 Å². The highest BCUT2D eigenvalue weighted by atomic mass is 14.7. The van der Waals surface area contributed by atoms with Crippen molar-refractivity contribution in [2.45, 2.75) is 52.4 Å². The van der Waals surface area contributed by atoms with Crippen LogP contribution in [0.15, 0.2) is 121 Å². The van der Waals surface area contributed by atoms with E-state index in [0.717, 1.165) is 22.1 Å². The third-order valence-corrected chi connectivity index (χ3v) is 9.54. The summed E-state index contributed by atoms with van der Waals surface area (Å²) in [5.74, 6) is 0. The fourth-order valence-electron chi connectivity index (χ4n) is 7.06. The Balaban J connectivity index is 1.52. The summed E-state index contributed by atoms with van der Waals surface area (Å²) in [5.41, 5.74) is 11.6. The van der Waals surface area contributed by atoms with Crippen molar-refractivity contribution in [2.75, 3.05) is 0 Å². The van der Waals surface area contributed by atoms with Crippen molar-refractivity contribution in [2.24, 2.45) is 0 Å². The maximum atomic E-state index is 5.20. The van der Waals surface area contributed by atoms with Gasteiger partial charge in [-0.3, -0.25) is 0 Å².